The molecule has 1 aliphatic heterocycles. The van der Waals surface area contributed by atoms with Crippen LogP contribution in [0.2, 0.25) is 0 Å². The molecule has 2 aliphatic rings. The quantitative estimate of drug-likeness (QED) is 0.453. The van der Waals surface area contributed by atoms with E-state index in [9.17, 15) is 19.2 Å². The third-order valence-corrected chi connectivity index (χ3v) is 5.99. The van der Waals surface area contributed by atoms with Crippen LogP contribution in [0.1, 0.15) is 51.5 Å². The first kappa shape index (κ1) is 23.8. The highest BCUT2D eigenvalue weighted by Crippen LogP contribution is 2.42. The summed E-state index contributed by atoms with van der Waals surface area (Å²) in [5.74, 6) is -0.695. The van der Waals surface area contributed by atoms with Crippen molar-refractivity contribution in [1.29, 1.82) is 0 Å². The molecule has 8 nitrogen and oxygen atoms in total. The Labute approximate surface area is 188 Å². The lowest BCUT2D eigenvalue weighted by Gasteiger charge is -2.24. The summed E-state index contributed by atoms with van der Waals surface area (Å²) in [6, 6.07) is 8.24. The molecular formula is C24H33N3O5. The van der Waals surface area contributed by atoms with Gasteiger partial charge >= 0.3 is 6.09 Å². The van der Waals surface area contributed by atoms with Gasteiger partial charge in [-0.05, 0) is 43.6 Å². The number of carbonyl (C=O) groups is 4. The second kappa shape index (κ2) is 10.6. The molecule has 32 heavy (non-hydrogen) atoms. The highest BCUT2D eigenvalue weighted by molar-refractivity contribution is 5.88. The lowest BCUT2D eigenvalue weighted by Crippen LogP contribution is -2.51. The van der Waals surface area contributed by atoms with Gasteiger partial charge in [0, 0.05) is 18.9 Å². The topological polar surface area (TPSA) is 114 Å². The standard InChI is InChI=1S/C24H33N3O5/c1-16(2)12-20(22(30)26-19(15-28)13-18-8-11-25-21(18)29)27-23(31)32-24(9-10-24)14-17-6-4-3-5-7-17/h3-7,15-16,18-20H,8-14H2,1-2H3,(H,25,29)(H,26,30)(H,27,31). The molecule has 3 N–H and O–H groups in total. The predicted molar refractivity (Wildman–Crippen MR) is 119 cm³/mol. The van der Waals surface area contributed by atoms with Gasteiger partial charge in [0.1, 0.15) is 17.9 Å². The Hall–Kier alpha value is -2.90. The number of benzene rings is 1. The van der Waals surface area contributed by atoms with Crippen molar-refractivity contribution in [3.8, 4) is 0 Å². The van der Waals surface area contributed by atoms with E-state index >= 15 is 0 Å². The minimum atomic E-state index is -0.824. The maximum Gasteiger partial charge on any atom is 0.408 e. The molecule has 1 saturated heterocycles. The Kier molecular flexibility index (Phi) is 7.88. The Morgan fingerprint density at radius 1 is 1.22 bits per heavy atom. The maximum atomic E-state index is 12.9. The average Bonchev–Trinajstić information content (AvgIpc) is 3.37. The van der Waals surface area contributed by atoms with E-state index in [0.717, 1.165) is 18.4 Å². The van der Waals surface area contributed by atoms with Gasteiger partial charge in [0.2, 0.25) is 11.8 Å². The summed E-state index contributed by atoms with van der Waals surface area (Å²) >= 11 is 0. The molecular weight excluding hydrogens is 410 g/mol. The van der Waals surface area contributed by atoms with E-state index in [1.165, 1.54) is 0 Å². The van der Waals surface area contributed by atoms with E-state index in [4.69, 9.17) is 4.74 Å². The summed E-state index contributed by atoms with van der Waals surface area (Å²) in [4.78, 5) is 48.8. The molecule has 0 spiro atoms. The van der Waals surface area contributed by atoms with Crippen LogP contribution in [0.25, 0.3) is 0 Å². The normalized spacial score (nSPS) is 20.7. The van der Waals surface area contributed by atoms with Crippen molar-refractivity contribution >= 4 is 24.2 Å². The number of carbonyl (C=O) groups excluding carboxylic acids is 4. The molecule has 3 rings (SSSR count). The fourth-order valence-electron chi connectivity index (χ4n) is 4.10. The largest absolute Gasteiger partial charge is 0.443 e. The van der Waals surface area contributed by atoms with Crippen molar-refractivity contribution in [2.24, 2.45) is 11.8 Å². The summed E-state index contributed by atoms with van der Waals surface area (Å²) in [5, 5.41) is 8.11. The van der Waals surface area contributed by atoms with E-state index in [1.54, 1.807) is 0 Å². The maximum absolute atomic E-state index is 12.9. The lowest BCUT2D eigenvalue weighted by atomic mass is 9.98. The molecule has 2 fully saturated rings. The molecule has 3 atom stereocenters. The summed E-state index contributed by atoms with van der Waals surface area (Å²) in [7, 11) is 0. The number of nitrogens with one attached hydrogen (secondary N) is 3. The van der Waals surface area contributed by atoms with Crippen LogP contribution < -0.4 is 16.0 Å². The number of rotatable bonds is 11. The van der Waals surface area contributed by atoms with Gasteiger partial charge in [-0.15, -0.1) is 0 Å². The molecule has 174 valence electrons. The smallest absolute Gasteiger partial charge is 0.408 e. The van der Waals surface area contributed by atoms with Crippen LogP contribution in [0.15, 0.2) is 30.3 Å². The first-order chi connectivity index (χ1) is 15.3. The number of alkyl carbamates (subject to hydrolysis) is 1. The molecule has 0 aromatic heterocycles. The molecule has 1 aromatic rings. The number of hydrogen-bond acceptors (Lipinski definition) is 5. The van der Waals surface area contributed by atoms with Gasteiger partial charge in [-0.25, -0.2) is 4.79 Å². The van der Waals surface area contributed by atoms with Gasteiger partial charge in [0.05, 0.1) is 6.04 Å². The zero-order chi connectivity index (χ0) is 23.1. The first-order valence-electron chi connectivity index (χ1n) is 11.4. The molecule has 0 radical (unpaired) electrons. The minimum absolute atomic E-state index is 0.0975. The van der Waals surface area contributed by atoms with Crippen LogP contribution in [-0.2, 0) is 25.5 Å². The number of hydrogen-bond donors (Lipinski definition) is 3. The van der Waals surface area contributed by atoms with Crippen LogP contribution in [0.5, 0.6) is 0 Å². The minimum Gasteiger partial charge on any atom is -0.443 e. The lowest BCUT2D eigenvalue weighted by molar-refractivity contribution is -0.127. The van der Waals surface area contributed by atoms with Crippen LogP contribution in [0.3, 0.4) is 0 Å². The highest BCUT2D eigenvalue weighted by Gasteiger charge is 2.47. The van der Waals surface area contributed by atoms with E-state index < -0.39 is 29.7 Å². The molecule has 8 heteroatoms. The average molecular weight is 444 g/mol. The number of aldehydes is 1. The van der Waals surface area contributed by atoms with Crippen molar-refractivity contribution in [1.82, 2.24) is 16.0 Å². The van der Waals surface area contributed by atoms with Crippen molar-refractivity contribution in [3.05, 3.63) is 35.9 Å². The predicted octanol–water partition coefficient (Wildman–Crippen LogP) is 2.11. The van der Waals surface area contributed by atoms with Crippen molar-refractivity contribution < 1.29 is 23.9 Å². The number of amides is 3. The zero-order valence-electron chi connectivity index (χ0n) is 18.8. The molecule has 0 bridgehead atoms. The van der Waals surface area contributed by atoms with Crippen LogP contribution in [0.4, 0.5) is 4.79 Å². The third-order valence-electron chi connectivity index (χ3n) is 5.99. The monoisotopic (exact) mass is 443 g/mol. The van der Waals surface area contributed by atoms with Gasteiger partial charge in [-0.1, -0.05) is 44.2 Å². The molecule has 1 heterocycles. The summed E-state index contributed by atoms with van der Waals surface area (Å²) < 4.78 is 5.72. The van der Waals surface area contributed by atoms with Gasteiger partial charge in [-0.3, -0.25) is 9.59 Å². The second-order valence-corrected chi connectivity index (χ2v) is 9.32. The van der Waals surface area contributed by atoms with E-state index in [-0.39, 0.29) is 24.2 Å². The molecule has 3 amide bonds. The zero-order valence-corrected chi connectivity index (χ0v) is 18.8. The molecule has 3 unspecified atom stereocenters. The molecule has 1 aromatic carbocycles. The van der Waals surface area contributed by atoms with E-state index in [1.807, 2.05) is 44.2 Å². The Bertz CT molecular complexity index is 822. The van der Waals surface area contributed by atoms with Crippen molar-refractivity contribution in [2.75, 3.05) is 6.54 Å². The molecule has 1 saturated carbocycles. The van der Waals surface area contributed by atoms with Crippen molar-refractivity contribution in [2.45, 2.75) is 70.1 Å². The van der Waals surface area contributed by atoms with E-state index in [2.05, 4.69) is 16.0 Å². The Balaban J connectivity index is 1.56. The van der Waals surface area contributed by atoms with Crippen LogP contribution in [-0.4, -0.2) is 48.4 Å². The Morgan fingerprint density at radius 3 is 2.50 bits per heavy atom. The van der Waals surface area contributed by atoms with Crippen LogP contribution >= 0.6 is 0 Å². The summed E-state index contributed by atoms with van der Waals surface area (Å²) in [6.45, 7) is 4.48. The van der Waals surface area contributed by atoms with Crippen molar-refractivity contribution in [3.63, 3.8) is 0 Å². The van der Waals surface area contributed by atoms with Crippen LogP contribution in [0, 0.1) is 11.8 Å². The fraction of sp³-hybridized carbons (Fsp3) is 0.583. The highest BCUT2D eigenvalue weighted by atomic mass is 16.6. The Morgan fingerprint density at radius 2 is 1.94 bits per heavy atom. The fourth-order valence-corrected chi connectivity index (χ4v) is 4.10. The van der Waals surface area contributed by atoms with Gasteiger partial charge in [-0.2, -0.15) is 0 Å². The SMILES string of the molecule is CC(C)CC(NC(=O)OC1(Cc2ccccc2)CC1)C(=O)NC(C=O)CC1CCNC1=O. The molecule has 1 aliphatic carbocycles. The van der Waals surface area contributed by atoms with Gasteiger partial charge in [0.25, 0.3) is 0 Å². The summed E-state index contributed by atoms with van der Waals surface area (Å²) in [5.41, 5.74) is 0.574. The first-order valence-corrected chi connectivity index (χ1v) is 11.4. The number of ether oxygens (including phenoxy) is 1. The van der Waals surface area contributed by atoms with Gasteiger partial charge < -0.3 is 25.5 Å². The second-order valence-electron chi connectivity index (χ2n) is 9.32. The third kappa shape index (κ3) is 6.80. The summed E-state index contributed by atoms with van der Waals surface area (Å²) in [6.07, 6.45) is 3.52. The van der Waals surface area contributed by atoms with E-state index in [0.29, 0.717) is 32.1 Å². The van der Waals surface area contributed by atoms with Gasteiger partial charge in [0.15, 0.2) is 0 Å².